The highest BCUT2D eigenvalue weighted by Crippen LogP contribution is 2.28. The van der Waals surface area contributed by atoms with Crippen LogP contribution in [0.1, 0.15) is 17.5 Å². The number of anilines is 2. The molecule has 4 rings (SSSR count). The van der Waals surface area contributed by atoms with E-state index in [4.69, 9.17) is 0 Å². The number of carbonyl (C=O) groups excluding carboxylic acids is 1. The summed E-state index contributed by atoms with van der Waals surface area (Å²) >= 11 is 0. The number of pyridine rings is 1. The van der Waals surface area contributed by atoms with Crippen LogP contribution in [0.4, 0.5) is 11.5 Å². The monoisotopic (exact) mass is 350 g/mol. The van der Waals surface area contributed by atoms with Gasteiger partial charge in [-0.1, -0.05) is 23.8 Å². The number of aryl methyl sites for hydroxylation is 2. The molecule has 0 aliphatic carbocycles. The predicted octanol–water partition coefficient (Wildman–Crippen LogP) is 2.49. The molecule has 2 aromatic rings. The Morgan fingerprint density at radius 1 is 1.08 bits per heavy atom. The third kappa shape index (κ3) is 3.52. The third-order valence-corrected chi connectivity index (χ3v) is 5.38. The second kappa shape index (κ2) is 7.36. The predicted molar refractivity (Wildman–Crippen MR) is 105 cm³/mol. The number of benzene rings is 1. The summed E-state index contributed by atoms with van der Waals surface area (Å²) in [7, 11) is 0. The van der Waals surface area contributed by atoms with Crippen molar-refractivity contribution in [3.63, 3.8) is 0 Å². The quantitative estimate of drug-likeness (QED) is 0.853. The first kappa shape index (κ1) is 16.9. The summed E-state index contributed by atoms with van der Waals surface area (Å²) in [6, 6.07) is 12.6. The number of aromatic nitrogens is 1. The molecule has 2 aliphatic rings. The van der Waals surface area contributed by atoms with Crippen LogP contribution in [0.25, 0.3) is 0 Å². The molecular formula is C21H26N4O. The molecule has 1 aromatic heterocycles. The Kier molecular flexibility index (Phi) is 4.78. The van der Waals surface area contributed by atoms with E-state index in [2.05, 4.69) is 39.9 Å². The van der Waals surface area contributed by atoms with Crippen LogP contribution in [0, 0.1) is 6.92 Å². The van der Waals surface area contributed by atoms with Gasteiger partial charge in [0.05, 0.1) is 6.54 Å². The van der Waals surface area contributed by atoms with E-state index in [1.54, 1.807) is 0 Å². The molecule has 0 unspecified atom stereocenters. The molecule has 5 nitrogen and oxygen atoms in total. The van der Waals surface area contributed by atoms with Crippen molar-refractivity contribution in [3.8, 4) is 0 Å². The maximum atomic E-state index is 12.8. The first-order valence-corrected chi connectivity index (χ1v) is 9.49. The van der Waals surface area contributed by atoms with Gasteiger partial charge in [0.1, 0.15) is 5.82 Å². The largest absolute Gasteiger partial charge is 0.362 e. The van der Waals surface area contributed by atoms with Gasteiger partial charge in [0.25, 0.3) is 0 Å². The van der Waals surface area contributed by atoms with Crippen LogP contribution in [0.5, 0.6) is 0 Å². The van der Waals surface area contributed by atoms with Crippen molar-refractivity contribution in [1.29, 1.82) is 0 Å². The average molecular weight is 350 g/mol. The Bertz CT molecular complexity index is 769. The maximum Gasteiger partial charge on any atom is 0.242 e. The van der Waals surface area contributed by atoms with Crippen molar-refractivity contribution in [1.82, 2.24) is 9.88 Å². The lowest BCUT2D eigenvalue weighted by atomic mass is 9.99. The molecule has 1 fully saturated rings. The van der Waals surface area contributed by atoms with Gasteiger partial charge in [-0.25, -0.2) is 4.98 Å². The second-order valence-electron chi connectivity index (χ2n) is 7.21. The van der Waals surface area contributed by atoms with Gasteiger partial charge >= 0.3 is 0 Å². The van der Waals surface area contributed by atoms with E-state index in [-0.39, 0.29) is 5.91 Å². The fourth-order valence-corrected chi connectivity index (χ4v) is 3.96. The van der Waals surface area contributed by atoms with Crippen molar-refractivity contribution in [2.75, 3.05) is 49.1 Å². The van der Waals surface area contributed by atoms with Crippen LogP contribution < -0.4 is 9.80 Å². The molecule has 1 aromatic carbocycles. The van der Waals surface area contributed by atoms with Gasteiger partial charge in [0, 0.05) is 44.6 Å². The highest BCUT2D eigenvalue weighted by molar-refractivity contribution is 5.82. The average Bonchev–Trinajstić information content (AvgIpc) is 2.69. The highest BCUT2D eigenvalue weighted by Gasteiger charge is 2.25. The number of amides is 1. The molecule has 0 bridgehead atoms. The van der Waals surface area contributed by atoms with Crippen LogP contribution in [-0.4, -0.2) is 55.1 Å². The molecule has 0 radical (unpaired) electrons. The second-order valence-corrected chi connectivity index (χ2v) is 7.21. The SMILES string of the molecule is Cc1ccc2c(c1)CCCN2CC(=O)N1CCN(c2ccccn2)CC1. The zero-order valence-corrected chi connectivity index (χ0v) is 15.4. The highest BCUT2D eigenvalue weighted by atomic mass is 16.2. The number of nitrogens with zero attached hydrogens (tertiary/aromatic N) is 4. The van der Waals surface area contributed by atoms with Gasteiger partial charge in [0.2, 0.25) is 5.91 Å². The molecular weight excluding hydrogens is 324 g/mol. The van der Waals surface area contributed by atoms with E-state index >= 15 is 0 Å². The Labute approximate surface area is 155 Å². The standard InChI is InChI=1S/C21H26N4O/c1-17-7-8-19-18(15-17)5-4-10-25(19)16-21(26)24-13-11-23(12-14-24)20-6-2-3-9-22-20/h2-3,6-9,15H,4-5,10-14,16H2,1H3. The van der Waals surface area contributed by atoms with E-state index in [9.17, 15) is 4.79 Å². The van der Waals surface area contributed by atoms with Gasteiger partial charge in [-0.3, -0.25) is 4.79 Å². The van der Waals surface area contributed by atoms with E-state index in [1.165, 1.54) is 16.8 Å². The molecule has 3 heterocycles. The fourth-order valence-electron chi connectivity index (χ4n) is 3.96. The molecule has 1 amide bonds. The molecule has 0 spiro atoms. The first-order chi connectivity index (χ1) is 12.7. The lowest BCUT2D eigenvalue weighted by molar-refractivity contribution is -0.130. The summed E-state index contributed by atoms with van der Waals surface area (Å²) in [6.07, 6.45) is 4.06. The topological polar surface area (TPSA) is 39.7 Å². The number of piperazine rings is 1. The number of hydrogen-bond acceptors (Lipinski definition) is 4. The summed E-state index contributed by atoms with van der Waals surface area (Å²) in [5.41, 5.74) is 3.91. The minimum Gasteiger partial charge on any atom is -0.362 e. The smallest absolute Gasteiger partial charge is 0.242 e. The Morgan fingerprint density at radius 2 is 1.92 bits per heavy atom. The summed E-state index contributed by atoms with van der Waals surface area (Å²) in [5, 5.41) is 0. The number of carbonyl (C=O) groups is 1. The van der Waals surface area contributed by atoms with Gasteiger partial charge in [-0.2, -0.15) is 0 Å². The van der Waals surface area contributed by atoms with Crippen LogP contribution in [0.3, 0.4) is 0 Å². The molecule has 5 heteroatoms. The molecule has 1 saturated heterocycles. The van der Waals surface area contributed by atoms with E-state index in [1.807, 2.05) is 29.3 Å². The van der Waals surface area contributed by atoms with Crippen LogP contribution in [-0.2, 0) is 11.2 Å². The number of hydrogen-bond donors (Lipinski definition) is 0. The van der Waals surface area contributed by atoms with E-state index in [0.29, 0.717) is 6.54 Å². The zero-order valence-electron chi connectivity index (χ0n) is 15.4. The first-order valence-electron chi connectivity index (χ1n) is 9.49. The van der Waals surface area contributed by atoms with Crippen LogP contribution in [0.2, 0.25) is 0 Å². The summed E-state index contributed by atoms with van der Waals surface area (Å²) in [4.78, 5) is 23.8. The van der Waals surface area contributed by atoms with E-state index in [0.717, 1.165) is 51.4 Å². The molecule has 0 N–H and O–H groups in total. The van der Waals surface area contributed by atoms with Crippen molar-refractivity contribution in [3.05, 3.63) is 53.7 Å². The van der Waals surface area contributed by atoms with Gasteiger partial charge < -0.3 is 14.7 Å². The Morgan fingerprint density at radius 3 is 2.69 bits per heavy atom. The normalized spacial score (nSPS) is 17.2. The maximum absolute atomic E-state index is 12.8. The summed E-state index contributed by atoms with van der Waals surface area (Å²) in [6.45, 7) is 6.81. The summed E-state index contributed by atoms with van der Waals surface area (Å²) in [5.74, 6) is 1.24. The van der Waals surface area contributed by atoms with Crippen molar-refractivity contribution < 1.29 is 4.79 Å². The third-order valence-electron chi connectivity index (χ3n) is 5.38. The molecule has 26 heavy (non-hydrogen) atoms. The van der Waals surface area contributed by atoms with Crippen molar-refractivity contribution >= 4 is 17.4 Å². The number of rotatable bonds is 3. The van der Waals surface area contributed by atoms with E-state index < -0.39 is 0 Å². The molecule has 136 valence electrons. The van der Waals surface area contributed by atoms with Crippen molar-refractivity contribution in [2.24, 2.45) is 0 Å². The van der Waals surface area contributed by atoms with Crippen LogP contribution >= 0.6 is 0 Å². The van der Waals surface area contributed by atoms with Gasteiger partial charge in [-0.05, 0) is 43.5 Å². The lowest BCUT2D eigenvalue weighted by Gasteiger charge is -2.37. The number of fused-ring (bicyclic) bond motifs is 1. The fraction of sp³-hybridized carbons (Fsp3) is 0.429. The Hall–Kier alpha value is -2.56. The minimum atomic E-state index is 0.235. The van der Waals surface area contributed by atoms with Gasteiger partial charge in [0.15, 0.2) is 0 Å². The zero-order chi connectivity index (χ0) is 17.9. The van der Waals surface area contributed by atoms with Crippen molar-refractivity contribution in [2.45, 2.75) is 19.8 Å². The molecule has 2 aliphatic heterocycles. The lowest BCUT2D eigenvalue weighted by Crippen LogP contribution is -2.52. The van der Waals surface area contributed by atoms with Crippen LogP contribution in [0.15, 0.2) is 42.6 Å². The summed E-state index contributed by atoms with van der Waals surface area (Å²) < 4.78 is 0. The molecule has 0 saturated carbocycles. The molecule has 0 atom stereocenters. The van der Waals surface area contributed by atoms with Gasteiger partial charge in [-0.15, -0.1) is 0 Å². The minimum absolute atomic E-state index is 0.235. The Balaban J connectivity index is 1.37.